The van der Waals surface area contributed by atoms with E-state index in [9.17, 15) is 24.3 Å². The number of ketones is 1. The number of carboxylic acid groups (broad SMARTS) is 1. The topological polar surface area (TPSA) is 116 Å². The van der Waals surface area contributed by atoms with Crippen molar-refractivity contribution >= 4 is 35.3 Å². The zero-order valence-electron chi connectivity index (χ0n) is 16.5. The maximum Gasteiger partial charge on any atom is 0.316 e. The molecule has 0 saturated carbocycles. The minimum Gasteiger partial charge on any atom is -0.481 e. The summed E-state index contributed by atoms with van der Waals surface area (Å²) in [5.41, 5.74) is 2.18. The zero-order valence-corrected chi connectivity index (χ0v) is 17.3. The highest BCUT2D eigenvalue weighted by molar-refractivity contribution is 6.30. The van der Waals surface area contributed by atoms with Crippen LogP contribution in [0.15, 0.2) is 60.8 Å². The molecule has 160 valence electrons. The van der Waals surface area contributed by atoms with Gasteiger partial charge < -0.3 is 20.6 Å². The average Bonchev–Trinajstić information content (AvgIpc) is 2.73. The largest absolute Gasteiger partial charge is 0.481 e. The van der Waals surface area contributed by atoms with Crippen LogP contribution in [0.2, 0.25) is 5.02 Å². The van der Waals surface area contributed by atoms with Gasteiger partial charge in [-0.3, -0.25) is 14.4 Å². The molecule has 0 saturated heterocycles. The van der Waals surface area contributed by atoms with Crippen molar-refractivity contribution in [3.05, 3.63) is 71.4 Å². The number of urea groups is 1. The molecule has 31 heavy (non-hydrogen) atoms. The molecule has 0 bridgehead atoms. The van der Waals surface area contributed by atoms with Crippen LogP contribution in [0.4, 0.5) is 4.79 Å². The third-order valence-electron chi connectivity index (χ3n) is 4.75. The van der Waals surface area contributed by atoms with Crippen LogP contribution in [0.3, 0.4) is 0 Å². The standard InChI is InChI=1S/C22H20ClN3O5/c1-26-9-8-18(27)20(21(26)30)25-22(31)24-17(12-19(28)29)15-6-2-4-13(10-15)14-5-3-7-16(23)11-14/h2-11,17,20H,12H2,1H3,(H,28,29)(H2,24,25,31). The monoisotopic (exact) mass is 441 g/mol. The maximum absolute atomic E-state index is 12.5. The lowest BCUT2D eigenvalue weighted by Gasteiger charge is -2.25. The van der Waals surface area contributed by atoms with Crippen LogP contribution in [-0.2, 0) is 14.4 Å². The van der Waals surface area contributed by atoms with Gasteiger partial charge in [-0.05, 0) is 34.9 Å². The number of carbonyl (C=O) groups is 4. The van der Waals surface area contributed by atoms with E-state index >= 15 is 0 Å². The van der Waals surface area contributed by atoms with Gasteiger partial charge in [0.2, 0.25) is 0 Å². The zero-order chi connectivity index (χ0) is 22.5. The van der Waals surface area contributed by atoms with Gasteiger partial charge in [0.1, 0.15) is 0 Å². The molecule has 2 aromatic rings. The van der Waals surface area contributed by atoms with Gasteiger partial charge in [0.05, 0.1) is 12.5 Å². The van der Waals surface area contributed by atoms with Crippen molar-refractivity contribution in [1.29, 1.82) is 0 Å². The second-order valence-electron chi connectivity index (χ2n) is 7.00. The van der Waals surface area contributed by atoms with E-state index in [0.29, 0.717) is 10.6 Å². The number of nitrogens with one attached hydrogen (secondary N) is 2. The normalized spacial score (nSPS) is 16.7. The number of hydrogen-bond donors (Lipinski definition) is 3. The number of rotatable bonds is 6. The molecule has 9 heteroatoms. The fraction of sp³-hybridized carbons (Fsp3) is 0.182. The first-order valence-electron chi connectivity index (χ1n) is 9.38. The lowest BCUT2D eigenvalue weighted by atomic mass is 9.98. The van der Waals surface area contributed by atoms with Crippen molar-refractivity contribution in [3.8, 4) is 11.1 Å². The summed E-state index contributed by atoms with van der Waals surface area (Å²) in [6, 6.07) is 11.1. The highest BCUT2D eigenvalue weighted by Gasteiger charge is 2.32. The van der Waals surface area contributed by atoms with Gasteiger partial charge in [0, 0.05) is 24.3 Å². The number of halogens is 1. The summed E-state index contributed by atoms with van der Waals surface area (Å²) in [5, 5.41) is 14.7. The SMILES string of the molecule is CN1C=CC(=O)C(NC(=O)NC(CC(=O)O)c2cccc(-c3cccc(Cl)c3)c2)C1=O. The van der Waals surface area contributed by atoms with Gasteiger partial charge in [-0.1, -0.05) is 41.9 Å². The Morgan fingerprint density at radius 2 is 1.81 bits per heavy atom. The summed E-state index contributed by atoms with van der Waals surface area (Å²) in [5.74, 6) is -2.26. The van der Waals surface area contributed by atoms with Gasteiger partial charge >= 0.3 is 12.0 Å². The third kappa shape index (κ3) is 5.49. The number of likely N-dealkylation sites (N-methyl/N-ethyl adjacent to an activating group) is 1. The van der Waals surface area contributed by atoms with Crippen LogP contribution in [0.1, 0.15) is 18.0 Å². The molecule has 8 nitrogen and oxygen atoms in total. The van der Waals surface area contributed by atoms with Crippen LogP contribution in [0.5, 0.6) is 0 Å². The van der Waals surface area contributed by atoms with E-state index in [0.717, 1.165) is 11.1 Å². The molecular formula is C22H20ClN3O5. The summed E-state index contributed by atoms with van der Waals surface area (Å²) in [6.07, 6.45) is 2.11. The van der Waals surface area contributed by atoms with Crippen LogP contribution in [0, 0.1) is 0 Å². The molecule has 3 rings (SSSR count). The van der Waals surface area contributed by atoms with Crippen molar-refractivity contribution in [1.82, 2.24) is 15.5 Å². The summed E-state index contributed by atoms with van der Waals surface area (Å²) in [7, 11) is 1.46. The molecule has 3 amide bonds. The first kappa shape index (κ1) is 22.0. The Balaban J connectivity index is 1.81. The van der Waals surface area contributed by atoms with Crippen molar-refractivity contribution in [2.45, 2.75) is 18.5 Å². The molecule has 1 aliphatic heterocycles. The predicted octanol–water partition coefficient (Wildman–Crippen LogP) is 2.75. The molecule has 0 radical (unpaired) electrons. The smallest absolute Gasteiger partial charge is 0.316 e. The van der Waals surface area contributed by atoms with Gasteiger partial charge in [-0.2, -0.15) is 0 Å². The minimum absolute atomic E-state index is 0.390. The summed E-state index contributed by atoms with van der Waals surface area (Å²) < 4.78 is 0. The molecule has 1 heterocycles. The Hall–Kier alpha value is -3.65. The molecule has 0 spiro atoms. The second-order valence-corrected chi connectivity index (χ2v) is 7.44. The van der Waals surface area contributed by atoms with Gasteiger partial charge in [0.25, 0.3) is 5.91 Å². The van der Waals surface area contributed by atoms with E-state index in [1.54, 1.807) is 36.4 Å². The molecular weight excluding hydrogens is 422 g/mol. The number of carbonyl (C=O) groups excluding carboxylic acids is 3. The lowest BCUT2D eigenvalue weighted by molar-refractivity contribution is -0.138. The second kappa shape index (κ2) is 9.44. The van der Waals surface area contributed by atoms with Crippen LogP contribution in [0.25, 0.3) is 11.1 Å². The van der Waals surface area contributed by atoms with E-state index in [-0.39, 0.29) is 0 Å². The van der Waals surface area contributed by atoms with E-state index in [1.165, 1.54) is 24.2 Å². The number of nitrogens with zero attached hydrogens (tertiary/aromatic N) is 1. The number of carboxylic acids is 1. The molecule has 1 aliphatic rings. The van der Waals surface area contributed by atoms with E-state index in [1.807, 2.05) is 12.1 Å². The van der Waals surface area contributed by atoms with E-state index < -0.39 is 42.2 Å². The van der Waals surface area contributed by atoms with Gasteiger partial charge in [0.15, 0.2) is 11.8 Å². The van der Waals surface area contributed by atoms with Crippen molar-refractivity contribution in [2.75, 3.05) is 7.05 Å². The summed E-state index contributed by atoms with van der Waals surface area (Å²) in [6.45, 7) is 0. The third-order valence-corrected chi connectivity index (χ3v) is 4.98. The van der Waals surface area contributed by atoms with Crippen molar-refractivity contribution < 1.29 is 24.3 Å². The van der Waals surface area contributed by atoms with E-state index in [4.69, 9.17) is 11.6 Å². The molecule has 0 aliphatic carbocycles. The Labute approximate surface area is 183 Å². The summed E-state index contributed by atoms with van der Waals surface area (Å²) >= 11 is 6.05. The highest BCUT2D eigenvalue weighted by atomic mass is 35.5. The average molecular weight is 442 g/mol. The Morgan fingerprint density at radius 1 is 1.13 bits per heavy atom. The van der Waals surface area contributed by atoms with Crippen LogP contribution in [-0.4, -0.2) is 46.8 Å². The molecule has 0 aromatic heterocycles. The maximum atomic E-state index is 12.5. The highest BCUT2D eigenvalue weighted by Crippen LogP contribution is 2.26. The van der Waals surface area contributed by atoms with Crippen LogP contribution < -0.4 is 10.6 Å². The molecule has 2 unspecified atom stereocenters. The summed E-state index contributed by atoms with van der Waals surface area (Å²) in [4.78, 5) is 49.2. The fourth-order valence-corrected chi connectivity index (χ4v) is 3.36. The Bertz CT molecular complexity index is 1070. The predicted molar refractivity (Wildman–Crippen MR) is 114 cm³/mol. The van der Waals surface area contributed by atoms with Gasteiger partial charge in [-0.15, -0.1) is 0 Å². The van der Waals surface area contributed by atoms with Crippen molar-refractivity contribution in [3.63, 3.8) is 0 Å². The number of hydrogen-bond acceptors (Lipinski definition) is 4. The number of aliphatic carboxylic acids is 1. The minimum atomic E-state index is -1.36. The van der Waals surface area contributed by atoms with Crippen LogP contribution >= 0.6 is 11.6 Å². The first-order valence-corrected chi connectivity index (χ1v) is 9.76. The number of amides is 3. The fourth-order valence-electron chi connectivity index (χ4n) is 3.17. The lowest BCUT2D eigenvalue weighted by Crippen LogP contribution is -2.55. The first-order chi connectivity index (χ1) is 14.7. The number of benzene rings is 2. The Kier molecular flexibility index (Phi) is 6.71. The van der Waals surface area contributed by atoms with Gasteiger partial charge in [-0.25, -0.2) is 4.79 Å². The molecule has 2 aromatic carbocycles. The van der Waals surface area contributed by atoms with Crippen molar-refractivity contribution in [2.24, 2.45) is 0 Å². The quantitative estimate of drug-likeness (QED) is 0.596. The molecule has 2 atom stereocenters. The molecule has 3 N–H and O–H groups in total. The Morgan fingerprint density at radius 3 is 2.48 bits per heavy atom. The van der Waals surface area contributed by atoms with E-state index in [2.05, 4.69) is 10.6 Å². The molecule has 0 fully saturated rings.